The van der Waals surface area contributed by atoms with Crippen molar-refractivity contribution >= 4 is 0 Å². The quantitative estimate of drug-likeness (QED) is 0.711. The molecule has 0 unspecified atom stereocenters. The Morgan fingerprint density at radius 2 is 2.38 bits per heavy atom. The lowest BCUT2D eigenvalue weighted by Crippen LogP contribution is -2.21. The van der Waals surface area contributed by atoms with E-state index in [4.69, 9.17) is 0 Å². The zero-order valence-corrected chi connectivity index (χ0v) is 9.37. The number of imidazole rings is 1. The summed E-state index contributed by atoms with van der Waals surface area (Å²) in [6, 6.07) is 0. The summed E-state index contributed by atoms with van der Waals surface area (Å²) in [6.07, 6.45) is 7.30. The molecule has 0 atom stereocenters. The maximum atomic E-state index is 4.12. The Balaban J connectivity index is 1.72. The van der Waals surface area contributed by atoms with Crippen LogP contribution >= 0.6 is 0 Å². The van der Waals surface area contributed by atoms with Crippen molar-refractivity contribution in [3.63, 3.8) is 0 Å². The fraction of sp³-hybridized carbons (Fsp3) is 0.500. The van der Waals surface area contributed by atoms with Gasteiger partial charge < -0.3 is 9.88 Å². The van der Waals surface area contributed by atoms with Crippen LogP contribution in [0, 0.1) is 0 Å². The van der Waals surface area contributed by atoms with Gasteiger partial charge in [0.15, 0.2) is 0 Å². The number of rotatable bonds is 6. The van der Waals surface area contributed by atoms with Gasteiger partial charge in [-0.2, -0.15) is 0 Å². The highest BCUT2D eigenvalue weighted by Crippen LogP contribution is 1.97. The summed E-state index contributed by atoms with van der Waals surface area (Å²) in [5.41, 5.74) is 1.21. The summed E-state index contributed by atoms with van der Waals surface area (Å²) in [4.78, 5) is 4.12. The molecule has 0 aliphatic carbocycles. The summed E-state index contributed by atoms with van der Waals surface area (Å²) < 4.78 is 3.94. The number of aryl methyl sites for hydroxylation is 1. The van der Waals surface area contributed by atoms with E-state index in [2.05, 4.69) is 32.1 Å². The third kappa shape index (κ3) is 2.66. The van der Waals surface area contributed by atoms with Gasteiger partial charge in [-0.15, -0.1) is 5.10 Å². The van der Waals surface area contributed by atoms with Crippen LogP contribution in [0.4, 0.5) is 0 Å². The maximum absolute atomic E-state index is 4.12. The third-order valence-corrected chi connectivity index (χ3v) is 2.43. The maximum Gasteiger partial charge on any atom is 0.0948 e. The summed E-state index contributed by atoms with van der Waals surface area (Å²) in [5, 5.41) is 11.0. The van der Waals surface area contributed by atoms with Crippen molar-refractivity contribution in [2.24, 2.45) is 0 Å². The second-order valence-electron chi connectivity index (χ2n) is 3.51. The highest BCUT2D eigenvalue weighted by atomic mass is 15.4. The van der Waals surface area contributed by atoms with Crippen molar-refractivity contribution < 1.29 is 0 Å². The van der Waals surface area contributed by atoms with Crippen LogP contribution < -0.4 is 5.32 Å². The average molecular weight is 220 g/mol. The van der Waals surface area contributed by atoms with Crippen LogP contribution in [-0.2, 0) is 19.6 Å². The van der Waals surface area contributed by atoms with E-state index in [9.17, 15) is 0 Å². The van der Waals surface area contributed by atoms with Gasteiger partial charge in [0.2, 0.25) is 0 Å². The molecule has 1 N–H and O–H groups in total. The molecule has 0 radical (unpaired) electrons. The predicted molar refractivity (Wildman–Crippen MR) is 59.6 cm³/mol. The summed E-state index contributed by atoms with van der Waals surface area (Å²) in [7, 11) is 0. The molecule has 0 amide bonds. The molecule has 0 saturated carbocycles. The number of hydrogen-bond acceptors (Lipinski definition) is 4. The molecule has 16 heavy (non-hydrogen) atoms. The van der Waals surface area contributed by atoms with Gasteiger partial charge in [0.05, 0.1) is 24.8 Å². The van der Waals surface area contributed by atoms with E-state index in [-0.39, 0.29) is 0 Å². The first kappa shape index (κ1) is 10.8. The Morgan fingerprint density at radius 3 is 3.12 bits per heavy atom. The van der Waals surface area contributed by atoms with Gasteiger partial charge in [0, 0.05) is 32.0 Å². The molecule has 2 heterocycles. The van der Waals surface area contributed by atoms with E-state index in [1.165, 1.54) is 5.69 Å². The Kier molecular flexibility index (Phi) is 3.66. The third-order valence-electron chi connectivity index (χ3n) is 2.43. The van der Waals surface area contributed by atoms with E-state index < -0.39 is 0 Å². The van der Waals surface area contributed by atoms with Crippen LogP contribution in [0.5, 0.6) is 0 Å². The topological polar surface area (TPSA) is 60.6 Å². The Hall–Kier alpha value is -1.69. The van der Waals surface area contributed by atoms with Crippen LogP contribution in [0.15, 0.2) is 24.9 Å². The lowest BCUT2D eigenvalue weighted by Gasteiger charge is -2.06. The molecule has 86 valence electrons. The fourth-order valence-corrected chi connectivity index (χ4v) is 1.54. The standard InChI is InChI=1S/C10H16N6/c1-2-15-9-12-8-10(15)7-11-3-5-16-6-4-13-14-16/h4,6,8-9,11H,2-3,5,7H2,1H3. The summed E-state index contributed by atoms with van der Waals surface area (Å²) in [5.74, 6) is 0. The van der Waals surface area contributed by atoms with E-state index in [1.54, 1.807) is 6.20 Å². The Morgan fingerprint density at radius 1 is 1.44 bits per heavy atom. The molecule has 2 rings (SSSR count). The van der Waals surface area contributed by atoms with Crippen LogP contribution in [0.25, 0.3) is 0 Å². The van der Waals surface area contributed by atoms with E-state index in [0.29, 0.717) is 0 Å². The molecule has 0 saturated heterocycles. The molecule has 6 nitrogen and oxygen atoms in total. The SMILES string of the molecule is CCn1cncc1CNCCn1ccnn1. The highest BCUT2D eigenvalue weighted by Gasteiger charge is 1.99. The Labute approximate surface area is 94.3 Å². The normalized spacial score (nSPS) is 10.8. The van der Waals surface area contributed by atoms with Gasteiger partial charge in [-0.3, -0.25) is 4.68 Å². The molecule has 0 aliphatic rings. The molecule has 0 fully saturated rings. The molecule has 6 heteroatoms. The van der Waals surface area contributed by atoms with Gasteiger partial charge in [0.25, 0.3) is 0 Å². The second-order valence-corrected chi connectivity index (χ2v) is 3.51. The smallest absolute Gasteiger partial charge is 0.0948 e. The van der Waals surface area contributed by atoms with Crippen LogP contribution in [0.2, 0.25) is 0 Å². The zero-order chi connectivity index (χ0) is 11.2. The minimum absolute atomic E-state index is 0.834. The van der Waals surface area contributed by atoms with Crippen molar-refractivity contribution in [1.82, 2.24) is 29.9 Å². The van der Waals surface area contributed by atoms with Gasteiger partial charge >= 0.3 is 0 Å². The lowest BCUT2D eigenvalue weighted by atomic mass is 10.4. The number of nitrogens with zero attached hydrogens (tertiary/aromatic N) is 5. The molecule has 0 bridgehead atoms. The lowest BCUT2D eigenvalue weighted by molar-refractivity contribution is 0.530. The van der Waals surface area contributed by atoms with Crippen LogP contribution in [0.3, 0.4) is 0 Å². The molecule has 0 aromatic carbocycles. The number of hydrogen-bond donors (Lipinski definition) is 1. The largest absolute Gasteiger partial charge is 0.334 e. The summed E-state index contributed by atoms with van der Waals surface area (Å²) in [6.45, 7) is 5.61. The van der Waals surface area contributed by atoms with E-state index in [0.717, 1.165) is 26.2 Å². The predicted octanol–water partition coefficient (Wildman–Crippen LogP) is 0.284. The fourth-order valence-electron chi connectivity index (χ4n) is 1.54. The van der Waals surface area contributed by atoms with Crippen molar-refractivity contribution in [3.8, 4) is 0 Å². The highest BCUT2D eigenvalue weighted by molar-refractivity contribution is 4.97. The second kappa shape index (κ2) is 5.41. The first-order valence-corrected chi connectivity index (χ1v) is 5.44. The molecular weight excluding hydrogens is 204 g/mol. The zero-order valence-electron chi connectivity index (χ0n) is 9.37. The van der Waals surface area contributed by atoms with Crippen LogP contribution in [-0.4, -0.2) is 31.1 Å². The first-order chi connectivity index (χ1) is 7.90. The monoisotopic (exact) mass is 220 g/mol. The van der Waals surface area contributed by atoms with Crippen molar-refractivity contribution in [2.75, 3.05) is 6.54 Å². The van der Waals surface area contributed by atoms with Gasteiger partial charge in [-0.1, -0.05) is 5.21 Å². The van der Waals surface area contributed by atoms with Gasteiger partial charge in [-0.05, 0) is 6.92 Å². The molecular formula is C10H16N6. The molecule has 0 spiro atoms. The average Bonchev–Trinajstić information content (AvgIpc) is 2.95. The van der Waals surface area contributed by atoms with Crippen molar-refractivity contribution in [1.29, 1.82) is 0 Å². The van der Waals surface area contributed by atoms with E-state index >= 15 is 0 Å². The molecule has 0 aliphatic heterocycles. The molecule has 2 aromatic heterocycles. The molecule has 2 aromatic rings. The number of aromatic nitrogens is 5. The minimum atomic E-state index is 0.834. The van der Waals surface area contributed by atoms with E-state index in [1.807, 2.05) is 23.4 Å². The van der Waals surface area contributed by atoms with Crippen molar-refractivity contribution in [2.45, 2.75) is 26.6 Å². The van der Waals surface area contributed by atoms with Gasteiger partial charge in [-0.25, -0.2) is 4.98 Å². The Bertz CT molecular complexity index is 405. The van der Waals surface area contributed by atoms with Crippen LogP contribution in [0.1, 0.15) is 12.6 Å². The minimum Gasteiger partial charge on any atom is -0.334 e. The summed E-state index contributed by atoms with van der Waals surface area (Å²) >= 11 is 0. The van der Waals surface area contributed by atoms with Gasteiger partial charge in [0.1, 0.15) is 0 Å². The first-order valence-electron chi connectivity index (χ1n) is 5.44. The van der Waals surface area contributed by atoms with Crippen molar-refractivity contribution in [3.05, 3.63) is 30.6 Å². The number of nitrogens with one attached hydrogen (secondary N) is 1.